The summed E-state index contributed by atoms with van der Waals surface area (Å²) in [5, 5.41) is 0. The molecular formula is C12H18O5. The third-order valence-corrected chi connectivity index (χ3v) is 3.29. The summed E-state index contributed by atoms with van der Waals surface area (Å²) < 4.78 is 27.9. The number of hydrogen-bond donors (Lipinski definition) is 0. The third-order valence-electron chi connectivity index (χ3n) is 3.29. The van der Waals surface area contributed by atoms with E-state index in [2.05, 4.69) is 6.58 Å². The van der Waals surface area contributed by atoms with Gasteiger partial charge in [-0.15, -0.1) is 6.58 Å². The van der Waals surface area contributed by atoms with E-state index in [0.717, 1.165) is 6.61 Å². The molecule has 0 aromatic heterocycles. The molecule has 0 aromatic rings. The highest BCUT2D eigenvalue weighted by Crippen LogP contribution is 2.30. The molecule has 17 heavy (non-hydrogen) atoms. The first kappa shape index (κ1) is 11.6. The second kappa shape index (κ2) is 5.04. The van der Waals surface area contributed by atoms with E-state index in [-0.39, 0.29) is 30.5 Å². The number of fused-ring (bicyclic) bond motifs is 1. The maximum Gasteiger partial charge on any atom is 0.115 e. The van der Waals surface area contributed by atoms with Gasteiger partial charge in [0.05, 0.1) is 33.0 Å². The van der Waals surface area contributed by atoms with E-state index >= 15 is 0 Å². The SMILES string of the molecule is C=CCO[C@@H]1CO[C@@H]2[C@H]1OC[C@H]2OCC1CO1. The fourth-order valence-electron chi connectivity index (χ4n) is 2.30. The number of ether oxygens (including phenoxy) is 5. The summed E-state index contributed by atoms with van der Waals surface area (Å²) in [5.74, 6) is 0. The zero-order chi connectivity index (χ0) is 11.7. The van der Waals surface area contributed by atoms with E-state index in [1.165, 1.54) is 0 Å². The van der Waals surface area contributed by atoms with Gasteiger partial charge in [-0.05, 0) is 0 Å². The standard InChI is InChI=1S/C12H18O5/c1-2-3-13-9-6-16-12-10(7-17-11(9)12)15-5-8-4-14-8/h2,8-12H,1,3-7H2/t8?,9-,10-,11+,12+/m1/s1. The minimum Gasteiger partial charge on any atom is -0.371 e. The molecule has 0 amide bonds. The molecule has 0 bridgehead atoms. The van der Waals surface area contributed by atoms with E-state index < -0.39 is 0 Å². The Labute approximate surface area is 101 Å². The van der Waals surface area contributed by atoms with Gasteiger partial charge in [0.15, 0.2) is 0 Å². The van der Waals surface area contributed by atoms with Crippen molar-refractivity contribution in [2.24, 2.45) is 0 Å². The quantitative estimate of drug-likeness (QED) is 0.490. The molecule has 96 valence electrons. The molecule has 5 atom stereocenters. The maximum atomic E-state index is 5.74. The van der Waals surface area contributed by atoms with Crippen LogP contribution in [0.25, 0.3) is 0 Å². The van der Waals surface area contributed by atoms with Crippen LogP contribution in [0.5, 0.6) is 0 Å². The van der Waals surface area contributed by atoms with Gasteiger partial charge in [-0.25, -0.2) is 0 Å². The Kier molecular flexibility index (Phi) is 3.44. The molecule has 3 saturated heterocycles. The Bertz CT molecular complexity index is 278. The van der Waals surface area contributed by atoms with Crippen molar-refractivity contribution in [1.82, 2.24) is 0 Å². The van der Waals surface area contributed by atoms with Crippen molar-refractivity contribution in [3.8, 4) is 0 Å². The molecule has 0 radical (unpaired) electrons. The molecule has 3 heterocycles. The monoisotopic (exact) mass is 242 g/mol. The molecule has 0 aliphatic carbocycles. The van der Waals surface area contributed by atoms with Crippen LogP contribution in [-0.2, 0) is 23.7 Å². The van der Waals surface area contributed by atoms with E-state index in [9.17, 15) is 0 Å². The Balaban J connectivity index is 1.49. The first-order valence-corrected chi connectivity index (χ1v) is 6.07. The average molecular weight is 242 g/mol. The summed E-state index contributed by atoms with van der Waals surface area (Å²) in [7, 11) is 0. The number of rotatable bonds is 6. The van der Waals surface area contributed by atoms with Crippen LogP contribution in [0.1, 0.15) is 0 Å². The van der Waals surface area contributed by atoms with Gasteiger partial charge < -0.3 is 23.7 Å². The normalized spacial score (nSPS) is 43.6. The summed E-state index contributed by atoms with van der Waals surface area (Å²) >= 11 is 0. The molecule has 0 saturated carbocycles. The third kappa shape index (κ3) is 2.53. The Morgan fingerprint density at radius 3 is 2.24 bits per heavy atom. The molecule has 3 aliphatic heterocycles. The Hall–Kier alpha value is -0.460. The minimum absolute atomic E-state index is 0.0000661. The van der Waals surface area contributed by atoms with Crippen molar-refractivity contribution in [2.45, 2.75) is 30.5 Å². The van der Waals surface area contributed by atoms with Crippen molar-refractivity contribution in [1.29, 1.82) is 0 Å². The van der Waals surface area contributed by atoms with Crippen molar-refractivity contribution in [3.63, 3.8) is 0 Å². The molecule has 0 N–H and O–H groups in total. The van der Waals surface area contributed by atoms with Crippen LogP contribution in [0.2, 0.25) is 0 Å². The Morgan fingerprint density at radius 2 is 1.65 bits per heavy atom. The van der Waals surface area contributed by atoms with Gasteiger partial charge in [0.1, 0.15) is 30.5 Å². The highest BCUT2D eigenvalue weighted by Gasteiger charge is 2.49. The van der Waals surface area contributed by atoms with Crippen LogP contribution in [-0.4, -0.2) is 63.6 Å². The van der Waals surface area contributed by atoms with Gasteiger partial charge in [0.25, 0.3) is 0 Å². The molecule has 0 aromatic carbocycles. The fourth-order valence-corrected chi connectivity index (χ4v) is 2.30. The highest BCUT2D eigenvalue weighted by molar-refractivity contribution is 4.96. The van der Waals surface area contributed by atoms with Gasteiger partial charge in [0, 0.05) is 0 Å². The second-order valence-corrected chi connectivity index (χ2v) is 4.58. The summed E-state index contributed by atoms with van der Waals surface area (Å²) in [6, 6.07) is 0. The second-order valence-electron chi connectivity index (χ2n) is 4.58. The summed E-state index contributed by atoms with van der Waals surface area (Å²) in [6.45, 7) is 6.77. The first-order chi connectivity index (χ1) is 8.38. The molecule has 0 spiro atoms. The average Bonchev–Trinajstić information content (AvgIpc) is 2.95. The highest BCUT2D eigenvalue weighted by atomic mass is 16.7. The van der Waals surface area contributed by atoms with Crippen LogP contribution < -0.4 is 0 Å². The molecule has 5 nitrogen and oxygen atoms in total. The summed E-state index contributed by atoms with van der Waals surface area (Å²) in [4.78, 5) is 0. The fraction of sp³-hybridized carbons (Fsp3) is 0.833. The molecule has 3 fully saturated rings. The molecular weight excluding hydrogens is 224 g/mol. The van der Waals surface area contributed by atoms with E-state index in [4.69, 9.17) is 23.7 Å². The van der Waals surface area contributed by atoms with Gasteiger partial charge in [-0.1, -0.05) is 6.08 Å². The van der Waals surface area contributed by atoms with Crippen molar-refractivity contribution >= 4 is 0 Å². The summed E-state index contributed by atoms with van der Waals surface area (Å²) in [6.07, 6.45) is 2.04. The lowest BCUT2D eigenvalue weighted by atomic mass is 10.1. The van der Waals surface area contributed by atoms with Crippen LogP contribution in [0.3, 0.4) is 0 Å². The molecule has 5 heteroatoms. The van der Waals surface area contributed by atoms with Gasteiger partial charge >= 0.3 is 0 Å². The zero-order valence-corrected chi connectivity index (χ0v) is 9.75. The van der Waals surface area contributed by atoms with Gasteiger partial charge in [-0.2, -0.15) is 0 Å². The number of hydrogen-bond acceptors (Lipinski definition) is 5. The minimum atomic E-state index is 0.0000661. The van der Waals surface area contributed by atoms with E-state index in [0.29, 0.717) is 26.4 Å². The van der Waals surface area contributed by atoms with Crippen LogP contribution in [0, 0.1) is 0 Å². The predicted octanol–water partition coefficient (Wildman–Crippen LogP) is 0.139. The zero-order valence-electron chi connectivity index (χ0n) is 9.75. The topological polar surface area (TPSA) is 49.5 Å². The smallest absolute Gasteiger partial charge is 0.115 e. The van der Waals surface area contributed by atoms with E-state index in [1.54, 1.807) is 6.08 Å². The van der Waals surface area contributed by atoms with E-state index in [1.807, 2.05) is 0 Å². The molecule has 3 rings (SSSR count). The van der Waals surface area contributed by atoms with Crippen LogP contribution in [0.15, 0.2) is 12.7 Å². The first-order valence-electron chi connectivity index (χ1n) is 6.07. The predicted molar refractivity (Wildman–Crippen MR) is 58.9 cm³/mol. The van der Waals surface area contributed by atoms with Crippen molar-refractivity contribution < 1.29 is 23.7 Å². The van der Waals surface area contributed by atoms with Crippen molar-refractivity contribution in [3.05, 3.63) is 12.7 Å². The lowest BCUT2D eigenvalue weighted by Crippen LogP contribution is -2.34. The van der Waals surface area contributed by atoms with Gasteiger partial charge in [-0.3, -0.25) is 0 Å². The largest absolute Gasteiger partial charge is 0.371 e. The maximum absolute atomic E-state index is 5.74. The Morgan fingerprint density at radius 1 is 1.00 bits per heavy atom. The molecule has 1 unspecified atom stereocenters. The van der Waals surface area contributed by atoms with Gasteiger partial charge in [0.2, 0.25) is 0 Å². The molecule has 3 aliphatic rings. The lowest BCUT2D eigenvalue weighted by molar-refractivity contribution is -0.0484. The van der Waals surface area contributed by atoms with Crippen molar-refractivity contribution in [2.75, 3.05) is 33.0 Å². The number of epoxide rings is 1. The van der Waals surface area contributed by atoms with Crippen LogP contribution >= 0.6 is 0 Å². The van der Waals surface area contributed by atoms with Crippen LogP contribution in [0.4, 0.5) is 0 Å². The summed E-state index contributed by atoms with van der Waals surface area (Å²) in [5.41, 5.74) is 0. The lowest BCUT2D eigenvalue weighted by Gasteiger charge is -2.16.